The molecule has 0 aromatic heterocycles. The van der Waals surface area contributed by atoms with Crippen molar-refractivity contribution in [1.82, 2.24) is 0 Å². The molecular formula is C13H22O2S. The smallest absolute Gasteiger partial charge is 0.219 e. The SMILES string of the molecule is CCCCCC(C)OC1=C(C)C(=O)SC1C. The molecule has 0 saturated heterocycles. The summed E-state index contributed by atoms with van der Waals surface area (Å²) in [6, 6.07) is 0. The fourth-order valence-corrected chi connectivity index (χ4v) is 2.79. The molecule has 2 atom stereocenters. The number of hydrogen-bond acceptors (Lipinski definition) is 3. The second-order valence-corrected chi connectivity index (χ2v) is 5.77. The Morgan fingerprint density at radius 3 is 2.62 bits per heavy atom. The van der Waals surface area contributed by atoms with Gasteiger partial charge >= 0.3 is 0 Å². The number of ether oxygens (including phenoxy) is 1. The predicted octanol–water partition coefficient (Wildman–Crippen LogP) is 3.91. The second-order valence-electron chi connectivity index (χ2n) is 4.46. The average Bonchev–Trinajstić information content (AvgIpc) is 2.46. The normalized spacial score (nSPS) is 22.8. The van der Waals surface area contributed by atoms with Crippen LogP contribution in [0.2, 0.25) is 0 Å². The fourth-order valence-electron chi connectivity index (χ4n) is 1.85. The second kappa shape index (κ2) is 6.33. The summed E-state index contributed by atoms with van der Waals surface area (Å²) in [4.78, 5) is 11.5. The Labute approximate surface area is 103 Å². The summed E-state index contributed by atoms with van der Waals surface area (Å²) in [5.74, 6) is 0.902. The zero-order chi connectivity index (χ0) is 12.1. The van der Waals surface area contributed by atoms with Crippen molar-refractivity contribution in [2.75, 3.05) is 0 Å². The van der Waals surface area contributed by atoms with Gasteiger partial charge < -0.3 is 4.74 Å². The van der Waals surface area contributed by atoms with Gasteiger partial charge in [0.15, 0.2) is 0 Å². The van der Waals surface area contributed by atoms with Crippen molar-refractivity contribution in [3.8, 4) is 0 Å². The number of hydrogen-bond donors (Lipinski definition) is 0. The minimum atomic E-state index is 0.170. The predicted molar refractivity (Wildman–Crippen MR) is 69.4 cm³/mol. The molecule has 1 rings (SSSR count). The molecule has 0 saturated carbocycles. The minimum absolute atomic E-state index is 0.170. The van der Waals surface area contributed by atoms with Crippen LogP contribution in [0.15, 0.2) is 11.3 Å². The lowest BCUT2D eigenvalue weighted by molar-refractivity contribution is -0.107. The summed E-state index contributed by atoms with van der Waals surface area (Å²) in [6.07, 6.45) is 5.01. The highest BCUT2D eigenvalue weighted by Crippen LogP contribution is 2.35. The van der Waals surface area contributed by atoms with E-state index in [1.807, 2.05) is 13.8 Å². The van der Waals surface area contributed by atoms with Crippen LogP contribution in [0.4, 0.5) is 0 Å². The summed E-state index contributed by atoms with van der Waals surface area (Å²) in [5, 5.41) is 0.365. The number of carbonyl (C=O) groups is 1. The molecule has 0 spiro atoms. The molecule has 2 nitrogen and oxygen atoms in total. The molecule has 0 amide bonds. The molecule has 0 radical (unpaired) electrons. The Morgan fingerprint density at radius 2 is 2.12 bits per heavy atom. The lowest BCUT2D eigenvalue weighted by Crippen LogP contribution is -2.12. The van der Waals surface area contributed by atoms with Crippen LogP contribution in [-0.2, 0) is 9.53 Å². The number of rotatable bonds is 6. The highest BCUT2D eigenvalue weighted by atomic mass is 32.2. The van der Waals surface area contributed by atoms with E-state index in [1.165, 1.54) is 31.0 Å². The van der Waals surface area contributed by atoms with Gasteiger partial charge in [-0.1, -0.05) is 31.5 Å². The van der Waals surface area contributed by atoms with E-state index in [4.69, 9.17) is 4.74 Å². The van der Waals surface area contributed by atoms with Crippen LogP contribution in [0.5, 0.6) is 0 Å². The largest absolute Gasteiger partial charge is 0.493 e. The van der Waals surface area contributed by atoms with Crippen LogP contribution in [0.1, 0.15) is 53.4 Å². The van der Waals surface area contributed by atoms with E-state index in [0.29, 0.717) is 0 Å². The van der Waals surface area contributed by atoms with Gasteiger partial charge in [0, 0.05) is 5.57 Å². The molecule has 2 unspecified atom stereocenters. The number of thioether (sulfide) groups is 1. The maximum absolute atomic E-state index is 11.5. The number of unbranched alkanes of at least 4 members (excludes halogenated alkanes) is 2. The highest BCUT2D eigenvalue weighted by molar-refractivity contribution is 8.15. The van der Waals surface area contributed by atoms with Crippen LogP contribution in [0.3, 0.4) is 0 Å². The third-order valence-corrected chi connectivity index (χ3v) is 3.96. The van der Waals surface area contributed by atoms with Gasteiger partial charge in [-0.25, -0.2) is 0 Å². The Hall–Kier alpha value is -0.440. The molecule has 1 aliphatic rings. The number of carbonyl (C=O) groups excluding carboxylic acids is 1. The van der Waals surface area contributed by atoms with Crippen molar-refractivity contribution in [3.05, 3.63) is 11.3 Å². The van der Waals surface area contributed by atoms with Gasteiger partial charge in [0.1, 0.15) is 5.76 Å². The van der Waals surface area contributed by atoms with Crippen molar-refractivity contribution in [2.45, 2.75) is 64.7 Å². The maximum atomic E-state index is 11.5. The van der Waals surface area contributed by atoms with Crippen LogP contribution in [0, 0.1) is 0 Å². The topological polar surface area (TPSA) is 26.3 Å². The Morgan fingerprint density at radius 1 is 1.44 bits per heavy atom. The molecule has 0 aromatic rings. The summed E-state index contributed by atoms with van der Waals surface area (Å²) in [5.41, 5.74) is 0.805. The van der Waals surface area contributed by atoms with E-state index in [1.54, 1.807) is 0 Å². The zero-order valence-corrected chi connectivity index (χ0v) is 11.5. The lowest BCUT2D eigenvalue weighted by Gasteiger charge is -2.18. The first-order valence-electron chi connectivity index (χ1n) is 6.14. The molecule has 16 heavy (non-hydrogen) atoms. The molecular weight excluding hydrogens is 220 g/mol. The van der Waals surface area contributed by atoms with E-state index in [9.17, 15) is 4.79 Å². The lowest BCUT2D eigenvalue weighted by atomic mass is 10.1. The molecule has 1 heterocycles. The van der Waals surface area contributed by atoms with Gasteiger partial charge in [0.2, 0.25) is 5.12 Å². The summed E-state index contributed by atoms with van der Waals surface area (Å²) < 4.78 is 5.89. The van der Waals surface area contributed by atoms with Crippen molar-refractivity contribution in [3.63, 3.8) is 0 Å². The van der Waals surface area contributed by atoms with Crippen LogP contribution < -0.4 is 0 Å². The van der Waals surface area contributed by atoms with Gasteiger partial charge in [-0.3, -0.25) is 4.79 Å². The van der Waals surface area contributed by atoms with E-state index in [0.717, 1.165) is 17.8 Å². The standard InChI is InChI=1S/C13H22O2S/c1-5-6-7-8-9(2)15-12-10(3)13(14)16-11(12)4/h9,11H,5-8H2,1-4H3. The van der Waals surface area contributed by atoms with Crippen molar-refractivity contribution >= 4 is 16.9 Å². The first kappa shape index (κ1) is 13.6. The third kappa shape index (κ3) is 3.55. The summed E-state index contributed by atoms with van der Waals surface area (Å²) >= 11 is 1.37. The average molecular weight is 242 g/mol. The van der Waals surface area contributed by atoms with Crippen LogP contribution in [-0.4, -0.2) is 16.5 Å². The quantitative estimate of drug-likeness (QED) is 0.661. The molecule has 0 N–H and O–H groups in total. The van der Waals surface area contributed by atoms with Gasteiger partial charge in [-0.15, -0.1) is 0 Å². The first-order chi connectivity index (χ1) is 7.56. The van der Waals surface area contributed by atoms with Gasteiger partial charge in [-0.05, 0) is 33.6 Å². The van der Waals surface area contributed by atoms with Crippen LogP contribution in [0.25, 0.3) is 0 Å². The van der Waals surface area contributed by atoms with Crippen molar-refractivity contribution in [1.29, 1.82) is 0 Å². The van der Waals surface area contributed by atoms with E-state index in [2.05, 4.69) is 13.8 Å². The minimum Gasteiger partial charge on any atom is -0.493 e. The molecule has 0 aliphatic carbocycles. The molecule has 0 bridgehead atoms. The fraction of sp³-hybridized carbons (Fsp3) is 0.769. The molecule has 3 heteroatoms. The van der Waals surface area contributed by atoms with Crippen molar-refractivity contribution in [2.24, 2.45) is 0 Å². The summed E-state index contributed by atoms with van der Waals surface area (Å²) in [6.45, 7) is 8.20. The van der Waals surface area contributed by atoms with Crippen molar-refractivity contribution < 1.29 is 9.53 Å². The summed E-state index contributed by atoms with van der Waals surface area (Å²) in [7, 11) is 0. The van der Waals surface area contributed by atoms with Gasteiger partial charge in [0.25, 0.3) is 0 Å². The Bertz CT molecular complexity index is 284. The Balaban J connectivity index is 2.44. The van der Waals surface area contributed by atoms with E-state index >= 15 is 0 Å². The third-order valence-electron chi connectivity index (χ3n) is 2.87. The molecule has 1 aliphatic heterocycles. The first-order valence-corrected chi connectivity index (χ1v) is 7.02. The maximum Gasteiger partial charge on any atom is 0.219 e. The van der Waals surface area contributed by atoms with E-state index < -0.39 is 0 Å². The molecule has 0 fully saturated rings. The zero-order valence-electron chi connectivity index (χ0n) is 10.7. The monoisotopic (exact) mass is 242 g/mol. The highest BCUT2D eigenvalue weighted by Gasteiger charge is 2.29. The molecule has 0 aromatic carbocycles. The van der Waals surface area contributed by atoms with Gasteiger partial charge in [-0.2, -0.15) is 0 Å². The van der Waals surface area contributed by atoms with Crippen LogP contribution >= 0.6 is 11.8 Å². The molecule has 92 valence electrons. The van der Waals surface area contributed by atoms with Gasteiger partial charge in [0.05, 0.1) is 11.4 Å². The Kier molecular flexibility index (Phi) is 5.39. The van der Waals surface area contributed by atoms with E-state index in [-0.39, 0.29) is 16.5 Å².